The van der Waals surface area contributed by atoms with Crippen molar-refractivity contribution >= 4 is 23.2 Å². The SMILES string of the molecule is CC1(C)C(=O)N(Cc2ccccc2)c2cc(C(=O)Nc3ccccc3)ccc21. The Kier molecular flexibility index (Phi) is 4.47. The minimum absolute atomic E-state index is 0.0481. The molecule has 4 rings (SSSR count). The van der Waals surface area contributed by atoms with Crippen LogP contribution in [0.25, 0.3) is 0 Å². The number of amides is 2. The molecule has 0 radical (unpaired) electrons. The molecule has 4 heteroatoms. The molecule has 3 aromatic rings. The molecule has 1 aliphatic rings. The van der Waals surface area contributed by atoms with E-state index in [1.54, 1.807) is 11.0 Å². The fourth-order valence-electron chi connectivity index (χ4n) is 3.63. The zero-order chi connectivity index (χ0) is 19.7. The zero-order valence-electron chi connectivity index (χ0n) is 16.0. The first kappa shape index (κ1) is 18.0. The summed E-state index contributed by atoms with van der Waals surface area (Å²) in [5, 5.41) is 2.90. The maximum Gasteiger partial charge on any atom is 0.255 e. The van der Waals surface area contributed by atoms with E-state index in [1.807, 2.05) is 86.6 Å². The molecule has 0 aromatic heterocycles. The van der Waals surface area contributed by atoms with E-state index in [1.165, 1.54) is 0 Å². The number of nitrogens with one attached hydrogen (secondary N) is 1. The first-order valence-corrected chi connectivity index (χ1v) is 9.33. The van der Waals surface area contributed by atoms with Gasteiger partial charge in [0.05, 0.1) is 12.0 Å². The van der Waals surface area contributed by atoms with Gasteiger partial charge in [0, 0.05) is 16.9 Å². The van der Waals surface area contributed by atoms with E-state index >= 15 is 0 Å². The molecule has 0 atom stereocenters. The lowest BCUT2D eigenvalue weighted by atomic mass is 9.86. The standard InChI is InChI=1S/C24H22N2O2/c1-24(2)20-14-13-18(22(27)25-19-11-7-4-8-12-19)15-21(20)26(23(24)28)16-17-9-5-3-6-10-17/h3-15H,16H2,1-2H3,(H,25,27). The Morgan fingerprint density at radius 3 is 2.25 bits per heavy atom. The number of fused-ring (bicyclic) bond motifs is 1. The lowest BCUT2D eigenvalue weighted by molar-refractivity contribution is -0.122. The Labute approximate surface area is 164 Å². The van der Waals surface area contributed by atoms with Crippen molar-refractivity contribution in [2.24, 2.45) is 0 Å². The molecule has 0 spiro atoms. The highest BCUT2D eigenvalue weighted by Gasteiger charge is 2.43. The van der Waals surface area contributed by atoms with Gasteiger partial charge >= 0.3 is 0 Å². The summed E-state index contributed by atoms with van der Waals surface area (Å²) in [6, 6.07) is 24.8. The van der Waals surface area contributed by atoms with Gasteiger partial charge in [-0.2, -0.15) is 0 Å². The highest BCUT2D eigenvalue weighted by atomic mass is 16.2. The molecule has 140 valence electrons. The van der Waals surface area contributed by atoms with Crippen LogP contribution in [0, 0.1) is 0 Å². The van der Waals surface area contributed by atoms with Crippen molar-refractivity contribution in [3.8, 4) is 0 Å². The summed E-state index contributed by atoms with van der Waals surface area (Å²) >= 11 is 0. The Hall–Kier alpha value is -3.40. The molecule has 28 heavy (non-hydrogen) atoms. The van der Waals surface area contributed by atoms with Gasteiger partial charge in [0.2, 0.25) is 5.91 Å². The van der Waals surface area contributed by atoms with E-state index in [4.69, 9.17) is 0 Å². The molecule has 0 saturated heterocycles. The number of rotatable bonds is 4. The summed E-state index contributed by atoms with van der Waals surface area (Å²) in [6.07, 6.45) is 0. The van der Waals surface area contributed by atoms with Gasteiger partial charge in [0.15, 0.2) is 0 Å². The highest BCUT2D eigenvalue weighted by molar-refractivity contribution is 6.10. The van der Waals surface area contributed by atoms with Crippen molar-refractivity contribution in [1.29, 1.82) is 0 Å². The number of benzene rings is 3. The number of hydrogen-bond acceptors (Lipinski definition) is 2. The van der Waals surface area contributed by atoms with Crippen LogP contribution >= 0.6 is 0 Å². The van der Waals surface area contributed by atoms with Crippen molar-refractivity contribution in [2.45, 2.75) is 25.8 Å². The maximum atomic E-state index is 13.1. The third kappa shape index (κ3) is 3.18. The van der Waals surface area contributed by atoms with Gasteiger partial charge in [-0.15, -0.1) is 0 Å². The van der Waals surface area contributed by atoms with E-state index in [2.05, 4.69) is 5.32 Å². The molecule has 0 saturated carbocycles. The second kappa shape index (κ2) is 6.97. The molecule has 1 N–H and O–H groups in total. The summed E-state index contributed by atoms with van der Waals surface area (Å²) in [5.74, 6) is -0.141. The van der Waals surface area contributed by atoms with Crippen LogP contribution in [0.4, 0.5) is 11.4 Å². The van der Waals surface area contributed by atoms with Crippen LogP contribution < -0.4 is 10.2 Å². The van der Waals surface area contributed by atoms with Gasteiger partial charge in [0.25, 0.3) is 5.91 Å². The van der Waals surface area contributed by atoms with Gasteiger partial charge in [0.1, 0.15) is 0 Å². The smallest absolute Gasteiger partial charge is 0.255 e. The van der Waals surface area contributed by atoms with E-state index in [9.17, 15) is 9.59 Å². The highest BCUT2D eigenvalue weighted by Crippen LogP contribution is 2.42. The number of nitrogens with zero attached hydrogens (tertiary/aromatic N) is 1. The number of hydrogen-bond donors (Lipinski definition) is 1. The predicted octanol–water partition coefficient (Wildman–Crippen LogP) is 4.76. The Morgan fingerprint density at radius 2 is 1.57 bits per heavy atom. The van der Waals surface area contributed by atoms with E-state index < -0.39 is 5.41 Å². The van der Waals surface area contributed by atoms with Gasteiger partial charge < -0.3 is 10.2 Å². The van der Waals surface area contributed by atoms with Crippen LogP contribution in [0.3, 0.4) is 0 Å². The molecular weight excluding hydrogens is 348 g/mol. The molecule has 1 heterocycles. The molecule has 0 fully saturated rings. The molecule has 1 aliphatic heterocycles. The summed E-state index contributed by atoms with van der Waals surface area (Å²) in [5.41, 5.74) is 3.47. The fraction of sp³-hybridized carbons (Fsp3) is 0.167. The summed E-state index contributed by atoms with van der Waals surface area (Å²) in [6.45, 7) is 4.35. The van der Waals surface area contributed by atoms with E-state index in [0.29, 0.717) is 12.1 Å². The van der Waals surface area contributed by atoms with Crippen LogP contribution in [0.1, 0.15) is 35.3 Å². The third-order valence-electron chi connectivity index (χ3n) is 5.22. The Morgan fingerprint density at radius 1 is 0.929 bits per heavy atom. The molecule has 0 unspecified atom stereocenters. The van der Waals surface area contributed by atoms with Gasteiger partial charge in [-0.1, -0.05) is 54.6 Å². The Balaban J connectivity index is 1.67. The topological polar surface area (TPSA) is 49.4 Å². The summed E-state index contributed by atoms with van der Waals surface area (Å²) < 4.78 is 0. The number of para-hydroxylation sites is 1. The zero-order valence-corrected chi connectivity index (χ0v) is 16.0. The van der Waals surface area contributed by atoms with E-state index in [-0.39, 0.29) is 11.8 Å². The number of carbonyl (C=O) groups excluding carboxylic acids is 2. The van der Waals surface area contributed by atoms with Crippen molar-refractivity contribution in [3.63, 3.8) is 0 Å². The summed E-state index contributed by atoms with van der Waals surface area (Å²) in [4.78, 5) is 27.6. The van der Waals surface area contributed by atoms with Crippen molar-refractivity contribution in [2.75, 3.05) is 10.2 Å². The first-order valence-electron chi connectivity index (χ1n) is 9.33. The molecule has 4 nitrogen and oxygen atoms in total. The van der Waals surface area contributed by atoms with Crippen LogP contribution in [-0.2, 0) is 16.8 Å². The van der Waals surface area contributed by atoms with Gasteiger partial charge in [-0.05, 0) is 49.2 Å². The normalized spacial score (nSPS) is 14.6. The Bertz CT molecular complexity index is 1030. The minimum Gasteiger partial charge on any atom is -0.322 e. The van der Waals surface area contributed by atoms with Crippen LogP contribution in [0.2, 0.25) is 0 Å². The molecular formula is C24H22N2O2. The second-order valence-electron chi connectivity index (χ2n) is 7.55. The quantitative estimate of drug-likeness (QED) is 0.720. The fourth-order valence-corrected chi connectivity index (χ4v) is 3.63. The van der Waals surface area contributed by atoms with Crippen molar-refractivity contribution < 1.29 is 9.59 Å². The third-order valence-corrected chi connectivity index (χ3v) is 5.22. The molecule has 2 amide bonds. The number of anilines is 2. The monoisotopic (exact) mass is 370 g/mol. The van der Waals surface area contributed by atoms with Crippen LogP contribution in [0.5, 0.6) is 0 Å². The van der Waals surface area contributed by atoms with Gasteiger partial charge in [-0.25, -0.2) is 0 Å². The second-order valence-corrected chi connectivity index (χ2v) is 7.55. The summed E-state index contributed by atoms with van der Waals surface area (Å²) in [7, 11) is 0. The lowest BCUT2D eigenvalue weighted by Gasteiger charge is -2.20. The lowest BCUT2D eigenvalue weighted by Crippen LogP contribution is -2.35. The largest absolute Gasteiger partial charge is 0.322 e. The average Bonchev–Trinajstić information content (AvgIpc) is 2.90. The first-order chi connectivity index (χ1) is 13.5. The molecule has 0 bridgehead atoms. The maximum absolute atomic E-state index is 13.1. The van der Waals surface area contributed by atoms with Gasteiger partial charge in [-0.3, -0.25) is 9.59 Å². The van der Waals surface area contributed by atoms with Crippen molar-refractivity contribution in [1.82, 2.24) is 0 Å². The minimum atomic E-state index is -0.613. The molecule has 3 aromatic carbocycles. The molecule has 0 aliphatic carbocycles. The van der Waals surface area contributed by atoms with E-state index in [0.717, 1.165) is 22.5 Å². The van der Waals surface area contributed by atoms with Crippen LogP contribution in [-0.4, -0.2) is 11.8 Å². The average molecular weight is 370 g/mol. The van der Waals surface area contributed by atoms with Crippen LogP contribution in [0.15, 0.2) is 78.9 Å². The number of carbonyl (C=O) groups is 2. The van der Waals surface area contributed by atoms with Crippen molar-refractivity contribution in [3.05, 3.63) is 95.6 Å². The predicted molar refractivity (Wildman–Crippen MR) is 111 cm³/mol.